The monoisotopic (exact) mass is 606 g/mol. The number of carbonyl (C=O) groups is 1. The number of benzene rings is 4. The van der Waals surface area contributed by atoms with E-state index in [4.69, 9.17) is 24.3 Å². The van der Waals surface area contributed by atoms with E-state index in [0.717, 1.165) is 27.8 Å². The first-order valence-corrected chi connectivity index (χ1v) is 15.7. The van der Waals surface area contributed by atoms with E-state index in [0.29, 0.717) is 50.7 Å². The molecule has 5 rings (SSSR count). The fourth-order valence-corrected chi connectivity index (χ4v) is 5.42. The van der Waals surface area contributed by atoms with Crippen LogP contribution in [-0.4, -0.2) is 54.9 Å². The van der Waals surface area contributed by atoms with Crippen LogP contribution in [0.5, 0.6) is 5.75 Å². The van der Waals surface area contributed by atoms with Crippen LogP contribution in [0.4, 0.5) is 0 Å². The summed E-state index contributed by atoms with van der Waals surface area (Å²) in [5, 5.41) is 12.2. The molecular weight excluding hydrogens is 564 g/mol. The lowest BCUT2D eigenvalue weighted by Crippen LogP contribution is -2.50. The first-order chi connectivity index (χ1) is 22.0. The van der Waals surface area contributed by atoms with E-state index >= 15 is 0 Å². The van der Waals surface area contributed by atoms with Crippen LogP contribution >= 0.6 is 0 Å². The summed E-state index contributed by atoms with van der Waals surface area (Å²) >= 11 is 0. The van der Waals surface area contributed by atoms with Gasteiger partial charge in [-0.05, 0) is 66.8 Å². The lowest BCUT2D eigenvalue weighted by molar-refractivity contribution is -0.129. The fourth-order valence-electron chi connectivity index (χ4n) is 5.42. The summed E-state index contributed by atoms with van der Waals surface area (Å²) in [4.78, 5) is 19.5. The molecule has 4 aromatic rings. The van der Waals surface area contributed by atoms with Crippen molar-refractivity contribution in [2.75, 3.05) is 26.4 Å². The van der Waals surface area contributed by atoms with E-state index in [2.05, 4.69) is 29.6 Å². The van der Waals surface area contributed by atoms with Gasteiger partial charge in [0.15, 0.2) is 11.6 Å². The minimum atomic E-state index is -1.25. The predicted molar refractivity (Wildman–Crippen MR) is 177 cm³/mol. The van der Waals surface area contributed by atoms with Crippen molar-refractivity contribution in [3.63, 3.8) is 0 Å². The topological polar surface area (TPSA) is 89.4 Å². The Morgan fingerprint density at radius 1 is 0.844 bits per heavy atom. The first-order valence-electron chi connectivity index (χ1n) is 15.7. The number of rotatable bonds is 15. The van der Waals surface area contributed by atoms with Crippen molar-refractivity contribution < 1.29 is 24.1 Å². The number of aliphatic hydroxyl groups excluding tert-OH is 1. The average molecular weight is 607 g/mol. The summed E-state index contributed by atoms with van der Waals surface area (Å²) in [6.07, 6.45) is 1.08. The molecule has 1 amide bonds. The zero-order valence-electron chi connectivity index (χ0n) is 26.0. The number of hydrogen-bond donors (Lipinski definition) is 2. The van der Waals surface area contributed by atoms with Crippen LogP contribution < -0.4 is 10.1 Å². The molecule has 0 spiro atoms. The number of nitrogens with one attached hydrogen (secondary N) is 1. The summed E-state index contributed by atoms with van der Waals surface area (Å²) in [6.45, 7) is 5.53. The molecule has 1 aliphatic rings. The summed E-state index contributed by atoms with van der Waals surface area (Å²) in [5.41, 5.74) is 3.56. The Balaban J connectivity index is 1.50. The van der Waals surface area contributed by atoms with Crippen molar-refractivity contribution in [1.82, 2.24) is 5.32 Å². The lowest BCUT2D eigenvalue weighted by atomic mass is 9.81. The van der Waals surface area contributed by atoms with Crippen molar-refractivity contribution in [1.29, 1.82) is 0 Å². The summed E-state index contributed by atoms with van der Waals surface area (Å²) in [5.74, 6) is 0.908. The van der Waals surface area contributed by atoms with Crippen molar-refractivity contribution >= 4 is 11.8 Å². The molecule has 0 saturated carbocycles. The number of aliphatic imine (C=N–C) groups is 1. The lowest BCUT2D eigenvalue weighted by Gasteiger charge is -2.31. The van der Waals surface area contributed by atoms with Crippen LogP contribution in [0.2, 0.25) is 0 Å². The van der Waals surface area contributed by atoms with Gasteiger partial charge in [0.05, 0.1) is 12.7 Å². The van der Waals surface area contributed by atoms with Crippen LogP contribution in [0.25, 0.3) is 11.1 Å². The maximum atomic E-state index is 14.3. The Labute approximate surface area is 265 Å². The highest BCUT2D eigenvalue weighted by Crippen LogP contribution is 2.43. The molecule has 0 unspecified atom stereocenters. The van der Waals surface area contributed by atoms with E-state index in [9.17, 15) is 4.79 Å². The van der Waals surface area contributed by atoms with Gasteiger partial charge in [0.2, 0.25) is 5.90 Å². The van der Waals surface area contributed by atoms with Crippen molar-refractivity contribution in [3.05, 3.63) is 126 Å². The maximum absolute atomic E-state index is 14.3. The number of carbonyl (C=O) groups excluding carboxylic acids is 1. The highest BCUT2D eigenvalue weighted by molar-refractivity contribution is 6.01. The van der Waals surface area contributed by atoms with Crippen LogP contribution in [0, 0.1) is 0 Å². The molecule has 0 radical (unpaired) electrons. The van der Waals surface area contributed by atoms with Crippen LogP contribution in [0.3, 0.4) is 0 Å². The summed E-state index contributed by atoms with van der Waals surface area (Å²) < 4.78 is 18.1. The Bertz CT molecular complexity index is 1520. The standard InChI is InChI=1S/C38H42N2O5/c1-28(2)43-25-9-23-39-37(42)38(27-29-11-5-3-6-12-29)35(32-17-15-31(16-18-32)30-13-7-4-8-14-30)45-36(40-38)33-19-21-34(22-20-33)44-26-10-24-41/h3-8,11-22,28,35,41H,9-10,23-27H2,1-2H3,(H,39,42)/t35-,38-/m1/s1. The molecule has 45 heavy (non-hydrogen) atoms. The molecule has 0 saturated heterocycles. The van der Waals surface area contributed by atoms with E-state index in [-0.39, 0.29) is 18.6 Å². The largest absolute Gasteiger partial charge is 0.494 e. The van der Waals surface area contributed by atoms with Gasteiger partial charge in [0.25, 0.3) is 5.91 Å². The van der Waals surface area contributed by atoms with E-state index < -0.39 is 11.6 Å². The molecule has 2 N–H and O–H groups in total. The molecule has 0 aromatic heterocycles. The number of hydrogen-bond acceptors (Lipinski definition) is 6. The molecule has 4 aromatic carbocycles. The Morgan fingerprint density at radius 3 is 2.16 bits per heavy atom. The molecule has 7 heteroatoms. The SMILES string of the molecule is CC(C)OCCCNC(=O)[C@]1(Cc2ccccc2)N=C(c2ccc(OCCCO)cc2)O[C@@H]1c1ccc(-c2ccccc2)cc1. The first kappa shape index (κ1) is 31.9. The number of amides is 1. The third kappa shape index (κ3) is 8.18. The fraction of sp³-hybridized carbons (Fsp3) is 0.316. The van der Waals surface area contributed by atoms with Gasteiger partial charge < -0.3 is 24.6 Å². The number of ether oxygens (including phenoxy) is 3. The summed E-state index contributed by atoms with van der Waals surface area (Å²) in [7, 11) is 0. The molecule has 1 heterocycles. The molecule has 1 aliphatic heterocycles. The Hall–Kier alpha value is -4.46. The van der Waals surface area contributed by atoms with E-state index in [1.165, 1.54) is 0 Å². The minimum absolute atomic E-state index is 0.0761. The van der Waals surface area contributed by atoms with E-state index in [1.807, 2.05) is 98.8 Å². The normalized spacial score (nSPS) is 17.5. The van der Waals surface area contributed by atoms with Crippen LogP contribution in [0.1, 0.15) is 49.5 Å². The van der Waals surface area contributed by atoms with Crippen LogP contribution in [-0.2, 0) is 20.7 Å². The van der Waals surface area contributed by atoms with Crippen molar-refractivity contribution in [2.45, 2.75) is 50.9 Å². The minimum Gasteiger partial charge on any atom is -0.494 e. The van der Waals surface area contributed by atoms with Gasteiger partial charge in [-0.1, -0.05) is 84.9 Å². The van der Waals surface area contributed by atoms with Gasteiger partial charge in [-0.2, -0.15) is 0 Å². The van der Waals surface area contributed by atoms with Gasteiger partial charge in [-0.3, -0.25) is 4.79 Å². The Kier molecular flexibility index (Phi) is 11.0. The third-order valence-corrected chi connectivity index (χ3v) is 7.72. The highest BCUT2D eigenvalue weighted by Gasteiger charge is 2.53. The van der Waals surface area contributed by atoms with Crippen LogP contribution in [0.15, 0.2) is 114 Å². The molecule has 2 atom stereocenters. The van der Waals surface area contributed by atoms with Gasteiger partial charge >= 0.3 is 0 Å². The second kappa shape index (κ2) is 15.5. The maximum Gasteiger partial charge on any atom is 0.252 e. The van der Waals surface area contributed by atoms with Gasteiger partial charge in [0.1, 0.15) is 5.75 Å². The smallest absolute Gasteiger partial charge is 0.252 e. The summed E-state index contributed by atoms with van der Waals surface area (Å²) in [6, 6.07) is 35.9. The van der Waals surface area contributed by atoms with Gasteiger partial charge in [-0.15, -0.1) is 0 Å². The number of aliphatic hydroxyl groups is 1. The van der Waals surface area contributed by atoms with Gasteiger partial charge in [-0.25, -0.2) is 4.99 Å². The average Bonchev–Trinajstić information content (AvgIpc) is 3.46. The quantitative estimate of drug-likeness (QED) is 0.150. The molecule has 0 fully saturated rings. The second-order valence-corrected chi connectivity index (χ2v) is 11.5. The zero-order chi connectivity index (χ0) is 31.5. The molecule has 0 aliphatic carbocycles. The zero-order valence-corrected chi connectivity index (χ0v) is 26.0. The highest BCUT2D eigenvalue weighted by atomic mass is 16.5. The van der Waals surface area contributed by atoms with Gasteiger partial charge in [0, 0.05) is 38.2 Å². The Morgan fingerprint density at radius 2 is 1.49 bits per heavy atom. The molecule has 234 valence electrons. The van der Waals surface area contributed by atoms with Crippen molar-refractivity contribution in [3.8, 4) is 16.9 Å². The third-order valence-electron chi connectivity index (χ3n) is 7.72. The molecule has 7 nitrogen and oxygen atoms in total. The second-order valence-electron chi connectivity index (χ2n) is 11.5. The molecular formula is C38H42N2O5. The molecule has 0 bridgehead atoms. The predicted octanol–water partition coefficient (Wildman–Crippen LogP) is 6.55. The number of nitrogens with zero attached hydrogens (tertiary/aromatic N) is 1. The van der Waals surface area contributed by atoms with E-state index in [1.54, 1.807) is 0 Å². The van der Waals surface area contributed by atoms with Crippen molar-refractivity contribution in [2.24, 2.45) is 4.99 Å².